The van der Waals surface area contributed by atoms with Crippen molar-refractivity contribution < 1.29 is 0 Å². The minimum absolute atomic E-state index is 0.0523. The summed E-state index contributed by atoms with van der Waals surface area (Å²) < 4.78 is 1.56. The number of aryl methyl sites for hydroxylation is 1. The molecule has 122 valence electrons. The maximum absolute atomic E-state index is 11.7. The van der Waals surface area contributed by atoms with Gasteiger partial charge in [-0.2, -0.15) is 5.26 Å². The largest absolute Gasteiger partial charge is 0.318 e. The Labute approximate surface area is 146 Å². The molecule has 0 N–H and O–H groups in total. The van der Waals surface area contributed by atoms with E-state index in [4.69, 9.17) is 0 Å². The molecule has 25 heavy (non-hydrogen) atoms. The van der Waals surface area contributed by atoms with Crippen molar-refractivity contribution >= 4 is 0 Å². The third kappa shape index (κ3) is 2.50. The van der Waals surface area contributed by atoms with Gasteiger partial charge in [0.15, 0.2) is 6.19 Å². The van der Waals surface area contributed by atoms with Crippen molar-refractivity contribution in [1.82, 2.24) is 9.47 Å². The van der Waals surface area contributed by atoms with Crippen molar-refractivity contribution in [3.63, 3.8) is 0 Å². The number of fused-ring (bicyclic) bond motifs is 1. The first kappa shape index (κ1) is 15.2. The van der Waals surface area contributed by atoms with Gasteiger partial charge in [0.2, 0.25) is 5.56 Å². The second kappa shape index (κ2) is 5.95. The lowest BCUT2D eigenvalue weighted by molar-refractivity contribution is 0.361. The van der Waals surface area contributed by atoms with Gasteiger partial charge in [0.1, 0.15) is 0 Å². The molecule has 1 aliphatic heterocycles. The molecule has 0 saturated carbocycles. The third-order valence-electron chi connectivity index (χ3n) is 4.78. The quantitative estimate of drug-likeness (QED) is 0.678. The fraction of sp³-hybridized carbons (Fsp3) is 0.143. The van der Waals surface area contributed by atoms with Crippen LogP contribution in [0, 0.1) is 11.5 Å². The van der Waals surface area contributed by atoms with E-state index in [0.717, 1.165) is 22.3 Å². The molecule has 0 amide bonds. The summed E-state index contributed by atoms with van der Waals surface area (Å²) in [7, 11) is 1.73. The van der Waals surface area contributed by atoms with E-state index in [2.05, 4.69) is 30.5 Å². The van der Waals surface area contributed by atoms with Crippen LogP contribution in [-0.2, 0) is 13.6 Å². The lowest BCUT2D eigenvalue weighted by Crippen LogP contribution is -2.21. The van der Waals surface area contributed by atoms with Crippen LogP contribution in [0.3, 0.4) is 0 Å². The number of nitrogens with zero attached hydrogens (tertiary/aromatic N) is 3. The van der Waals surface area contributed by atoms with E-state index >= 15 is 0 Å². The van der Waals surface area contributed by atoms with Crippen molar-refractivity contribution in [2.75, 3.05) is 0 Å². The standard InChI is InChI=1S/C21H17N3O/c1-23-12-16(10-11-20(23)25)21-18-9-5-8-17(15-6-3-2-4-7-15)19(18)13-24(21)14-22/h2-12,21H,13H2,1H3. The van der Waals surface area contributed by atoms with E-state index in [1.54, 1.807) is 22.6 Å². The molecule has 4 rings (SSSR count). The number of benzene rings is 2. The number of aromatic nitrogens is 1. The van der Waals surface area contributed by atoms with Crippen LogP contribution >= 0.6 is 0 Å². The Balaban J connectivity index is 1.88. The molecule has 0 saturated heterocycles. The summed E-state index contributed by atoms with van der Waals surface area (Å²) in [6, 6.07) is 19.7. The topological polar surface area (TPSA) is 49.0 Å². The van der Waals surface area contributed by atoms with Crippen molar-refractivity contribution in [2.24, 2.45) is 7.05 Å². The van der Waals surface area contributed by atoms with Crippen LogP contribution in [0.5, 0.6) is 0 Å². The van der Waals surface area contributed by atoms with E-state index in [0.29, 0.717) is 6.54 Å². The maximum Gasteiger partial charge on any atom is 0.250 e. The van der Waals surface area contributed by atoms with Crippen LogP contribution in [0.15, 0.2) is 71.7 Å². The molecule has 4 heteroatoms. The fourth-order valence-corrected chi connectivity index (χ4v) is 3.58. The van der Waals surface area contributed by atoms with Gasteiger partial charge in [-0.05, 0) is 33.9 Å². The number of nitriles is 1. The van der Waals surface area contributed by atoms with E-state index in [-0.39, 0.29) is 11.6 Å². The van der Waals surface area contributed by atoms with Crippen molar-refractivity contribution in [2.45, 2.75) is 12.6 Å². The average molecular weight is 327 g/mol. The Morgan fingerprint density at radius 3 is 2.56 bits per heavy atom. The zero-order chi connectivity index (χ0) is 17.4. The molecule has 0 bridgehead atoms. The van der Waals surface area contributed by atoms with Crippen LogP contribution in [-0.4, -0.2) is 9.47 Å². The summed E-state index contributed by atoms with van der Waals surface area (Å²) in [6.45, 7) is 0.574. The van der Waals surface area contributed by atoms with E-state index in [9.17, 15) is 10.1 Å². The smallest absolute Gasteiger partial charge is 0.250 e. The summed E-state index contributed by atoms with van der Waals surface area (Å²) >= 11 is 0. The molecule has 1 aliphatic rings. The molecule has 4 nitrogen and oxygen atoms in total. The van der Waals surface area contributed by atoms with Crippen LogP contribution in [0.1, 0.15) is 22.7 Å². The van der Waals surface area contributed by atoms with E-state index < -0.39 is 0 Å². The summed E-state index contributed by atoms with van der Waals surface area (Å²) in [4.78, 5) is 13.5. The van der Waals surface area contributed by atoms with Gasteiger partial charge in [0.05, 0.1) is 12.6 Å². The molecule has 0 aliphatic carbocycles. The van der Waals surface area contributed by atoms with Crippen LogP contribution in [0.4, 0.5) is 0 Å². The Morgan fingerprint density at radius 1 is 1.04 bits per heavy atom. The van der Waals surface area contributed by atoms with Crippen LogP contribution < -0.4 is 5.56 Å². The zero-order valence-electron chi connectivity index (χ0n) is 13.9. The summed E-state index contributed by atoms with van der Waals surface area (Å²) in [5.41, 5.74) is 5.51. The normalized spacial score (nSPS) is 15.7. The van der Waals surface area contributed by atoms with Gasteiger partial charge in [-0.1, -0.05) is 48.5 Å². The lowest BCUT2D eigenvalue weighted by Gasteiger charge is -2.20. The highest BCUT2D eigenvalue weighted by Crippen LogP contribution is 2.41. The number of rotatable bonds is 2. The average Bonchev–Trinajstić information content (AvgIpc) is 3.03. The molecule has 2 heterocycles. The van der Waals surface area contributed by atoms with Crippen molar-refractivity contribution in [1.29, 1.82) is 5.26 Å². The first-order valence-corrected chi connectivity index (χ1v) is 8.19. The number of hydrogen-bond acceptors (Lipinski definition) is 3. The number of hydrogen-bond donors (Lipinski definition) is 0. The molecule has 0 spiro atoms. The first-order chi connectivity index (χ1) is 12.2. The summed E-state index contributed by atoms with van der Waals surface area (Å²) in [6.07, 6.45) is 4.14. The minimum Gasteiger partial charge on any atom is -0.318 e. The second-order valence-electron chi connectivity index (χ2n) is 6.28. The first-order valence-electron chi connectivity index (χ1n) is 8.19. The Kier molecular flexibility index (Phi) is 3.62. The second-order valence-corrected chi connectivity index (χ2v) is 6.28. The molecule has 1 aromatic heterocycles. The predicted molar refractivity (Wildman–Crippen MR) is 96.6 cm³/mol. The SMILES string of the molecule is Cn1cc(C2c3cccc(-c4ccccc4)c3CN2C#N)ccc1=O. The molecular weight excluding hydrogens is 310 g/mol. The van der Waals surface area contributed by atoms with Gasteiger partial charge in [0, 0.05) is 19.3 Å². The molecule has 2 aromatic carbocycles. The Morgan fingerprint density at radius 2 is 1.84 bits per heavy atom. The van der Waals surface area contributed by atoms with Gasteiger partial charge >= 0.3 is 0 Å². The highest BCUT2D eigenvalue weighted by atomic mass is 16.1. The van der Waals surface area contributed by atoms with Gasteiger partial charge in [-0.25, -0.2) is 0 Å². The van der Waals surface area contributed by atoms with Gasteiger partial charge in [-0.15, -0.1) is 0 Å². The highest BCUT2D eigenvalue weighted by Gasteiger charge is 2.32. The van der Waals surface area contributed by atoms with Crippen molar-refractivity contribution in [3.05, 3.63) is 93.9 Å². The predicted octanol–water partition coefficient (Wildman–Crippen LogP) is 3.44. The van der Waals surface area contributed by atoms with Gasteiger partial charge in [-0.3, -0.25) is 9.69 Å². The molecule has 0 fully saturated rings. The van der Waals surface area contributed by atoms with Crippen molar-refractivity contribution in [3.8, 4) is 17.3 Å². The fourth-order valence-electron chi connectivity index (χ4n) is 3.58. The minimum atomic E-state index is -0.157. The third-order valence-corrected chi connectivity index (χ3v) is 4.78. The monoisotopic (exact) mass is 327 g/mol. The van der Waals surface area contributed by atoms with Crippen LogP contribution in [0.2, 0.25) is 0 Å². The molecule has 3 aromatic rings. The van der Waals surface area contributed by atoms with Gasteiger partial charge < -0.3 is 4.57 Å². The summed E-state index contributed by atoms with van der Waals surface area (Å²) in [5, 5.41) is 9.66. The zero-order valence-corrected chi connectivity index (χ0v) is 13.9. The number of pyridine rings is 1. The van der Waals surface area contributed by atoms with Crippen LogP contribution in [0.25, 0.3) is 11.1 Å². The molecular formula is C21H17N3O. The van der Waals surface area contributed by atoms with E-state index in [1.165, 1.54) is 5.56 Å². The highest BCUT2D eigenvalue weighted by molar-refractivity contribution is 5.70. The maximum atomic E-state index is 11.7. The lowest BCUT2D eigenvalue weighted by atomic mass is 9.93. The van der Waals surface area contributed by atoms with E-state index in [1.807, 2.05) is 36.5 Å². The summed E-state index contributed by atoms with van der Waals surface area (Å²) in [5.74, 6) is 0. The molecule has 1 atom stereocenters. The molecule has 0 radical (unpaired) electrons. The van der Waals surface area contributed by atoms with Gasteiger partial charge in [0.25, 0.3) is 0 Å². The Hall–Kier alpha value is -3.32. The Bertz CT molecular complexity index is 1030. The molecule has 1 unspecified atom stereocenters.